The molecule has 0 aliphatic heterocycles. The molecule has 0 bridgehead atoms. The summed E-state index contributed by atoms with van der Waals surface area (Å²) in [5.74, 6) is 0.411. The van der Waals surface area contributed by atoms with Gasteiger partial charge in [-0.05, 0) is 30.5 Å². The van der Waals surface area contributed by atoms with Gasteiger partial charge in [-0.25, -0.2) is 8.42 Å². The number of sulfonamides is 1. The number of anilines is 2. The Labute approximate surface area is 114 Å². The molecule has 5 nitrogen and oxygen atoms in total. The summed E-state index contributed by atoms with van der Waals surface area (Å²) in [5, 5.41) is 2.75. The molecule has 0 aliphatic rings. The van der Waals surface area contributed by atoms with Crippen LogP contribution in [0.15, 0.2) is 24.3 Å². The fraction of sp³-hybridized carbons (Fsp3) is 0.462. The Morgan fingerprint density at radius 3 is 2.47 bits per heavy atom. The van der Waals surface area contributed by atoms with Crippen LogP contribution in [-0.2, 0) is 14.8 Å². The summed E-state index contributed by atoms with van der Waals surface area (Å²) in [6.45, 7) is 4.12. The van der Waals surface area contributed by atoms with Gasteiger partial charge in [0.1, 0.15) is 0 Å². The standard InChI is InChI=1S/C13H20N2O3S/c1-10(2)7-8-13(16)14-11-5-4-6-12(9-11)15-19(3,17)18/h4-6,9-10,15H,7-8H2,1-3H3,(H,14,16). The lowest BCUT2D eigenvalue weighted by molar-refractivity contribution is -0.116. The first-order chi connectivity index (χ1) is 8.76. The molecule has 2 N–H and O–H groups in total. The molecule has 0 radical (unpaired) electrons. The predicted octanol–water partition coefficient (Wildman–Crippen LogP) is 2.43. The van der Waals surface area contributed by atoms with E-state index in [1.807, 2.05) is 0 Å². The highest BCUT2D eigenvalue weighted by molar-refractivity contribution is 7.92. The van der Waals surface area contributed by atoms with E-state index >= 15 is 0 Å². The van der Waals surface area contributed by atoms with Crippen molar-refractivity contribution < 1.29 is 13.2 Å². The zero-order chi connectivity index (χ0) is 14.5. The summed E-state index contributed by atoms with van der Waals surface area (Å²) in [6.07, 6.45) is 2.37. The zero-order valence-corrected chi connectivity index (χ0v) is 12.3. The van der Waals surface area contributed by atoms with Crippen LogP contribution in [-0.4, -0.2) is 20.6 Å². The van der Waals surface area contributed by atoms with E-state index < -0.39 is 10.0 Å². The van der Waals surface area contributed by atoms with Crippen LogP contribution in [0.25, 0.3) is 0 Å². The molecular weight excluding hydrogens is 264 g/mol. The van der Waals surface area contributed by atoms with E-state index in [9.17, 15) is 13.2 Å². The van der Waals surface area contributed by atoms with Gasteiger partial charge >= 0.3 is 0 Å². The van der Waals surface area contributed by atoms with Crippen molar-refractivity contribution in [2.75, 3.05) is 16.3 Å². The van der Waals surface area contributed by atoms with E-state index in [0.29, 0.717) is 23.7 Å². The van der Waals surface area contributed by atoms with Gasteiger partial charge in [-0.15, -0.1) is 0 Å². The lowest BCUT2D eigenvalue weighted by Crippen LogP contribution is -2.13. The number of benzene rings is 1. The monoisotopic (exact) mass is 284 g/mol. The second-order valence-corrected chi connectivity index (χ2v) is 6.68. The van der Waals surface area contributed by atoms with Crippen LogP contribution in [0.5, 0.6) is 0 Å². The molecule has 19 heavy (non-hydrogen) atoms. The minimum Gasteiger partial charge on any atom is -0.326 e. The summed E-state index contributed by atoms with van der Waals surface area (Å²) < 4.78 is 24.6. The van der Waals surface area contributed by atoms with Gasteiger partial charge in [0.2, 0.25) is 15.9 Å². The van der Waals surface area contributed by atoms with E-state index in [1.54, 1.807) is 24.3 Å². The van der Waals surface area contributed by atoms with Crippen LogP contribution in [0, 0.1) is 5.92 Å². The highest BCUT2D eigenvalue weighted by Gasteiger charge is 2.06. The van der Waals surface area contributed by atoms with E-state index in [2.05, 4.69) is 23.9 Å². The second kappa shape index (κ2) is 6.56. The molecule has 1 aromatic carbocycles. The number of carbonyl (C=O) groups is 1. The van der Waals surface area contributed by atoms with Crippen LogP contribution in [0.1, 0.15) is 26.7 Å². The summed E-state index contributed by atoms with van der Waals surface area (Å²) in [4.78, 5) is 11.7. The van der Waals surface area contributed by atoms with Gasteiger partial charge in [0.25, 0.3) is 0 Å². The lowest BCUT2D eigenvalue weighted by atomic mass is 10.1. The number of hydrogen-bond donors (Lipinski definition) is 2. The molecule has 0 atom stereocenters. The number of amides is 1. The third-order valence-corrected chi connectivity index (χ3v) is 3.00. The summed E-state index contributed by atoms with van der Waals surface area (Å²) in [7, 11) is -3.31. The highest BCUT2D eigenvalue weighted by Crippen LogP contribution is 2.16. The molecule has 0 heterocycles. The molecule has 0 saturated carbocycles. The number of hydrogen-bond acceptors (Lipinski definition) is 3. The lowest BCUT2D eigenvalue weighted by Gasteiger charge is -2.09. The molecule has 1 aromatic rings. The molecule has 106 valence electrons. The third-order valence-electron chi connectivity index (χ3n) is 2.40. The molecule has 0 saturated heterocycles. The van der Waals surface area contributed by atoms with Crippen molar-refractivity contribution in [3.05, 3.63) is 24.3 Å². The van der Waals surface area contributed by atoms with Crippen molar-refractivity contribution in [2.24, 2.45) is 5.92 Å². The largest absolute Gasteiger partial charge is 0.326 e. The smallest absolute Gasteiger partial charge is 0.229 e. The second-order valence-electron chi connectivity index (χ2n) is 4.94. The van der Waals surface area contributed by atoms with Crippen LogP contribution in [0.2, 0.25) is 0 Å². The van der Waals surface area contributed by atoms with E-state index in [4.69, 9.17) is 0 Å². The fourth-order valence-electron chi connectivity index (χ4n) is 1.52. The Bertz CT molecular complexity index is 539. The predicted molar refractivity (Wildman–Crippen MR) is 77.6 cm³/mol. The molecule has 1 amide bonds. The Kier molecular flexibility index (Phi) is 5.35. The number of carbonyl (C=O) groups excluding carboxylic acids is 1. The quantitative estimate of drug-likeness (QED) is 0.842. The van der Waals surface area contributed by atoms with E-state index in [0.717, 1.165) is 12.7 Å². The molecular formula is C13H20N2O3S. The Balaban J connectivity index is 2.64. The van der Waals surface area contributed by atoms with E-state index in [1.165, 1.54) is 0 Å². The highest BCUT2D eigenvalue weighted by atomic mass is 32.2. The first-order valence-electron chi connectivity index (χ1n) is 6.14. The molecule has 6 heteroatoms. The Hall–Kier alpha value is -1.56. The number of nitrogens with one attached hydrogen (secondary N) is 2. The average Bonchev–Trinajstić information content (AvgIpc) is 2.24. The molecule has 0 fully saturated rings. The van der Waals surface area contributed by atoms with Crippen molar-refractivity contribution in [1.29, 1.82) is 0 Å². The minimum absolute atomic E-state index is 0.0646. The maximum absolute atomic E-state index is 11.7. The first-order valence-corrected chi connectivity index (χ1v) is 8.03. The topological polar surface area (TPSA) is 75.3 Å². The molecule has 1 rings (SSSR count). The Morgan fingerprint density at radius 1 is 1.26 bits per heavy atom. The zero-order valence-electron chi connectivity index (χ0n) is 11.4. The van der Waals surface area contributed by atoms with Gasteiger partial charge in [0, 0.05) is 12.1 Å². The van der Waals surface area contributed by atoms with Crippen molar-refractivity contribution in [3.8, 4) is 0 Å². The van der Waals surface area contributed by atoms with Crippen molar-refractivity contribution in [1.82, 2.24) is 0 Å². The van der Waals surface area contributed by atoms with Crippen molar-refractivity contribution in [3.63, 3.8) is 0 Å². The fourth-order valence-corrected chi connectivity index (χ4v) is 2.07. The first kappa shape index (κ1) is 15.5. The maximum atomic E-state index is 11.7. The molecule has 0 unspecified atom stereocenters. The van der Waals surface area contributed by atoms with Crippen molar-refractivity contribution >= 4 is 27.3 Å². The van der Waals surface area contributed by atoms with E-state index in [-0.39, 0.29) is 5.91 Å². The maximum Gasteiger partial charge on any atom is 0.229 e. The molecule has 0 aromatic heterocycles. The minimum atomic E-state index is -3.31. The Morgan fingerprint density at radius 2 is 1.89 bits per heavy atom. The van der Waals surface area contributed by atoms with Crippen LogP contribution < -0.4 is 10.0 Å². The van der Waals surface area contributed by atoms with Crippen LogP contribution in [0.4, 0.5) is 11.4 Å². The summed E-state index contributed by atoms with van der Waals surface area (Å²) in [6, 6.07) is 6.63. The van der Waals surface area contributed by atoms with Crippen molar-refractivity contribution in [2.45, 2.75) is 26.7 Å². The van der Waals surface area contributed by atoms with Gasteiger partial charge in [0.05, 0.1) is 11.9 Å². The average molecular weight is 284 g/mol. The van der Waals surface area contributed by atoms with Gasteiger partial charge in [-0.2, -0.15) is 0 Å². The third kappa shape index (κ3) is 6.81. The van der Waals surface area contributed by atoms with Gasteiger partial charge < -0.3 is 5.32 Å². The van der Waals surface area contributed by atoms with Gasteiger partial charge in [-0.3, -0.25) is 9.52 Å². The normalized spacial score (nSPS) is 11.4. The van der Waals surface area contributed by atoms with Gasteiger partial charge in [0.15, 0.2) is 0 Å². The molecule has 0 aliphatic carbocycles. The summed E-state index contributed by atoms with van der Waals surface area (Å²) >= 11 is 0. The molecule has 0 spiro atoms. The SMILES string of the molecule is CC(C)CCC(=O)Nc1cccc(NS(C)(=O)=O)c1. The summed E-state index contributed by atoms with van der Waals surface area (Å²) in [5.41, 5.74) is 1.02. The van der Waals surface area contributed by atoms with Gasteiger partial charge in [-0.1, -0.05) is 19.9 Å². The van der Waals surface area contributed by atoms with Crippen LogP contribution in [0.3, 0.4) is 0 Å². The number of rotatable bonds is 6. The van der Waals surface area contributed by atoms with Crippen LogP contribution >= 0.6 is 0 Å².